The second-order valence-electron chi connectivity index (χ2n) is 7.77. The van der Waals surface area contributed by atoms with Gasteiger partial charge in [-0.25, -0.2) is 4.79 Å². The number of carbonyl (C=O) groups excluding carboxylic acids is 2. The molecule has 0 aliphatic heterocycles. The van der Waals surface area contributed by atoms with Crippen LogP contribution >= 0.6 is 27.7 Å². The van der Waals surface area contributed by atoms with Crippen molar-refractivity contribution in [3.63, 3.8) is 0 Å². The van der Waals surface area contributed by atoms with Gasteiger partial charge in [-0.05, 0) is 49.1 Å². The molecular formula is C24H25BrN2O4S. The van der Waals surface area contributed by atoms with E-state index in [1.165, 1.54) is 11.5 Å². The molecule has 32 heavy (non-hydrogen) atoms. The molecule has 2 aromatic carbocycles. The third-order valence-corrected chi connectivity index (χ3v) is 6.61. The van der Waals surface area contributed by atoms with Gasteiger partial charge in [-0.3, -0.25) is 14.2 Å². The van der Waals surface area contributed by atoms with Crippen LogP contribution in [-0.4, -0.2) is 38.6 Å². The number of amides is 1. The number of halogens is 1. The minimum atomic E-state index is -1.04. The van der Waals surface area contributed by atoms with Crippen molar-refractivity contribution in [3.05, 3.63) is 70.3 Å². The third kappa shape index (κ3) is 6.23. The van der Waals surface area contributed by atoms with Crippen molar-refractivity contribution < 1.29 is 19.5 Å². The van der Waals surface area contributed by atoms with Crippen molar-refractivity contribution in [3.8, 4) is 0 Å². The van der Waals surface area contributed by atoms with E-state index < -0.39 is 6.09 Å². The van der Waals surface area contributed by atoms with Crippen LogP contribution in [0.4, 0.5) is 4.79 Å². The predicted molar refractivity (Wildman–Crippen MR) is 131 cm³/mol. The van der Waals surface area contributed by atoms with E-state index in [-0.39, 0.29) is 23.0 Å². The molecule has 6 nitrogen and oxygen atoms in total. The molecule has 1 heterocycles. The molecule has 0 aliphatic carbocycles. The Hall–Kier alpha value is -2.58. The standard InChI is InChI=1S/C24H25BrN2O4S/c1-15(10-18-13-27(24(30)31)22-9-4-3-8-21(18)22)26-23(29)19(14-32-16(2)28)11-17-6-5-7-20(25)12-17/h3-9,12-13,15,19H,10-11,14H2,1-2H3,(H,26,29)(H,30,31)/t15-,19?/m1/s1. The van der Waals surface area contributed by atoms with Crippen LogP contribution in [0.3, 0.4) is 0 Å². The number of hydrogen-bond donors (Lipinski definition) is 2. The third-order valence-electron chi connectivity index (χ3n) is 5.15. The van der Waals surface area contributed by atoms with Crippen molar-refractivity contribution in [1.29, 1.82) is 0 Å². The Labute approximate surface area is 199 Å². The zero-order valence-electron chi connectivity index (χ0n) is 17.9. The molecule has 2 atom stereocenters. The van der Waals surface area contributed by atoms with E-state index in [1.54, 1.807) is 18.3 Å². The minimum Gasteiger partial charge on any atom is -0.464 e. The maximum Gasteiger partial charge on any atom is 0.416 e. The molecule has 8 heteroatoms. The molecule has 0 spiro atoms. The van der Waals surface area contributed by atoms with Gasteiger partial charge in [-0.15, -0.1) is 0 Å². The summed E-state index contributed by atoms with van der Waals surface area (Å²) in [5, 5.41) is 13.4. The number of para-hydroxylation sites is 1. The highest BCUT2D eigenvalue weighted by molar-refractivity contribution is 9.10. The normalized spacial score (nSPS) is 13.0. The molecular weight excluding hydrogens is 492 g/mol. The van der Waals surface area contributed by atoms with E-state index in [0.29, 0.717) is 24.1 Å². The van der Waals surface area contributed by atoms with Gasteiger partial charge in [-0.2, -0.15) is 0 Å². The molecule has 0 radical (unpaired) electrons. The quantitative estimate of drug-likeness (QED) is 0.433. The van der Waals surface area contributed by atoms with Gasteiger partial charge in [0.15, 0.2) is 5.12 Å². The van der Waals surface area contributed by atoms with Gasteiger partial charge in [0.05, 0.1) is 11.4 Å². The Bertz CT molecular complexity index is 1140. The summed E-state index contributed by atoms with van der Waals surface area (Å²) < 4.78 is 2.15. The van der Waals surface area contributed by atoms with Crippen LogP contribution in [0.5, 0.6) is 0 Å². The average Bonchev–Trinajstić information content (AvgIpc) is 3.09. The molecule has 1 aromatic heterocycles. The molecule has 0 bridgehead atoms. The van der Waals surface area contributed by atoms with Gasteiger partial charge in [0, 0.05) is 34.8 Å². The van der Waals surface area contributed by atoms with E-state index in [4.69, 9.17) is 0 Å². The van der Waals surface area contributed by atoms with Crippen molar-refractivity contribution in [2.24, 2.45) is 5.92 Å². The summed E-state index contributed by atoms with van der Waals surface area (Å²) >= 11 is 4.61. The Morgan fingerprint density at radius 3 is 2.56 bits per heavy atom. The first-order valence-electron chi connectivity index (χ1n) is 10.2. The Morgan fingerprint density at radius 1 is 1.12 bits per heavy atom. The van der Waals surface area contributed by atoms with E-state index in [9.17, 15) is 19.5 Å². The lowest BCUT2D eigenvalue weighted by Crippen LogP contribution is -2.40. The molecule has 0 saturated carbocycles. The largest absolute Gasteiger partial charge is 0.464 e. The lowest BCUT2D eigenvalue weighted by molar-refractivity contribution is -0.124. The van der Waals surface area contributed by atoms with Crippen LogP contribution in [0.25, 0.3) is 10.9 Å². The maximum atomic E-state index is 13.1. The molecule has 0 aliphatic rings. The molecule has 1 amide bonds. The van der Waals surface area contributed by atoms with Crippen LogP contribution in [0, 0.1) is 5.92 Å². The number of nitrogens with one attached hydrogen (secondary N) is 1. The number of carbonyl (C=O) groups is 3. The van der Waals surface area contributed by atoms with Gasteiger partial charge in [0.25, 0.3) is 0 Å². The number of benzene rings is 2. The highest BCUT2D eigenvalue weighted by Gasteiger charge is 2.23. The summed E-state index contributed by atoms with van der Waals surface area (Å²) in [4.78, 5) is 36.1. The summed E-state index contributed by atoms with van der Waals surface area (Å²) in [6, 6.07) is 14.9. The van der Waals surface area contributed by atoms with E-state index >= 15 is 0 Å². The zero-order valence-corrected chi connectivity index (χ0v) is 20.3. The summed E-state index contributed by atoms with van der Waals surface area (Å²) in [7, 11) is 0. The highest BCUT2D eigenvalue weighted by atomic mass is 79.9. The fourth-order valence-corrected chi connectivity index (χ4v) is 4.86. The van der Waals surface area contributed by atoms with Gasteiger partial charge in [-0.1, -0.05) is 58.0 Å². The first kappa shape index (κ1) is 24.1. The monoisotopic (exact) mass is 516 g/mol. The molecule has 3 aromatic rings. The van der Waals surface area contributed by atoms with Crippen LogP contribution in [0.1, 0.15) is 25.0 Å². The molecule has 2 N–H and O–H groups in total. The first-order valence-corrected chi connectivity index (χ1v) is 12.0. The lowest BCUT2D eigenvalue weighted by atomic mass is 9.99. The molecule has 1 unspecified atom stereocenters. The molecule has 0 saturated heterocycles. The molecule has 3 rings (SSSR count). The van der Waals surface area contributed by atoms with Crippen LogP contribution in [-0.2, 0) is 22.4 Å². The van der Waals surface area contributed by atoms with Crippen LogP contribution in [0.2, 0.25) is 0 Å². The van der Waals surface area contributed by atoms with Gasteiger partial charge in [0.1, 0.15) is 0 Å². The van der Waals surface area contributed by atoms with E-state index in [2.05, 4.69) is 21.2 Å². The van der Waals surface area contributed by atoms with Crippen molar-refractivity contribution in [2.75, 3.05) is 5.75 Å². The molecule has 0 fully saturated rings. The van der Waals surface area contributed by atoms with Crippen molar-refractivity contribution in [1.82, 2.24) is 9.88 Å². The number of thioether (sulfide) groups is 1. The Kier molecular flexibility index (Phi) is 8.15. The SMILES string of the molecule is CC(=O)SCC(Cc1cccc(Br)c1)C(=O)N[C@H](C)Cc1cn(C(=O)O)c2ccccc12. The van der Waals surface area contributed by atoms with Gasteiger partial charge in [0.2, 0.25) is 5.91 Å². The second kappa shape index (κ2) is 10.8. The minimum absolute atomic E-state index is 0.0217. The smallest absolute Gasteiger partial charge is 0.416 e. The summed E-state index contributed by atoms with van der Waals surface area (Å²) in [6.45, 7) is 3.40. The topological polar surface area (TPSA) is 88.4 Å². The summed E-state index contributed by atoms with van der Waals surface area (Å²) in [6.07, 6.45) is 1.59. The maximum absolute atomic E-state index is 13.1. The number of rotatable bonds is 8. The highest BCUT2D eigenvalue weighted by Crippen LogP contribution is 2.23. The van der Waals surface area contributed by atoms with Gasteiger partial charge < -0.3 is 10.4 Å². The Balaban J connectivity index is 1.73. The summed E-state index contributed by atoms with van der Waals surface area (Å²) in [5.41, 5.74) is 2.50. The number of carboxylic acid groups (broad SMARTS) is 1. The van der Waals surface area contributed by atoms with Gasteiger partial charge >= 0.3 is 6.09 Å². The first-order chi connectivity index (χ1) is 15.2. The number of hydrogen-bond acceptors (Lipinski definition) is 4. The average molecular weight is 517 g/mol. The van der Waals surface area contributed by atoms with Crippen LogP contribution in [0.15, 0.2) is 59.2 Å². The van der Waals surface area contributed by atoms with Crippen LogP contribution < -0.4 is 5.32 Å². The second-order valence-corrected chi connectivity index (χ2v) is 9.88. The lowest BCUT2D eigenvalue weighted by Gasteiger charge is -2.20. The van der Waals surface area contributed by atoms with E-state index in [1.807, 2.05) is 43.3 Å². The number of nitrogens with zero attached hydrogens (tertiary/aromatic N) is 1. The predicted octanol–water partition coefficient (Wildman–Crippen LogP) is 5.12. The fraction of sp³-hybridized carbons (Fsp3) is 0.292. The van der Waals surface area contributed by atoms with Crippen molar-refractivity contribution in [2.45, 2.75) is 32.7 Å². The molecule has 168 valence electrons. The number of fused-ring (bicyclic) bond motifs is 1. The zero-order chi connectivity index (χ0) is 23.3. The Morgan fingerprint density at radius 2 is 1.88 bits per heavy atom. The number of aromatic nitrogens is 1. The summed E-state index contributed by atoms with van der Waals surface area (Å²) in [5.74, 6) is -0.0761. The van der Waals surface area contributed by atoms with E-state index in [0.717, 1.165) is 32.7 Å². The fourth-order valence-electron chi connectivity index (χ4n) is 3.71. The van der Waals surface area contributed by atoms with Crippen molar-refractivity contribution >= 4 is 55.7 Å².